The molecule has 274 valence electrons. The zero-order valence-electron chi connectivity index (χ0n) is 31.6. The largest absolute Gasteiger partial charge is 0.366 e. The standard InChI is InChI=1S/C48H52N4S2/c1-3-49-31-27-43(28-32-49)17-15-41-19-23-47(24-20-41)51(39-45-11-7-5-8-12-45)35-37-53-54-38-36-52(40-46-13-9-6-10-14-46)48-25-21-42(22-26-48)16-18-44-29-33-50(4-2)34-30-44/h5-34H,3-4,35-40H2,1-2H3/q+2. The van der Waals surface area contributed by atoms with Crippen molar-refractivity contribution in [1.82, 2.24) is 0 Å². The number of benzene rings is 4. The monoisotopic (exact) mass is 748 g/mol. The van der Waals surface area contributed by atoms with Crippen molar-refractivity contribution < 1.29 is 9.13 Å². The van der Waals surface area contributed by atoms with E-state index in [9.17, 15) is 0 Å². The average Bonchev–Trinajstić information content (AvgIpc) is 3.24. The minimum Gasteiger partial charge on any atom is -0.366 e. The van der Waals surface area contributed by atoms with Crippen molar-refractivity contribution in [2.45, 2.75) is 40.0 Å². The van der Waals surface area contributed by atoms with Crippen molar-refractivity contribution >= 4 is 57.3 Å². The van der Waals surface area contributed by atoms with Gasteiger partial charge in [-0.15, -0.1) is 0 Å². The summed E-state index contributed by atoms with van der Waals surface area (Å²) in [6.07, 6.45) is 17.3. The van der Waals surface area contributed by atoms with Crippen LogP contribution >= 0.6 is 21.6 Å². The Balaban J connectivity index is 1.03. The van der Waals surface area contributed by atoms with Crippen LogP contribution in [0.1, 0.15) is 47.2 Å². The fourth-order valence-corrected chi connectivity index (χ4v) is 8.16. The molecule has 0 atom stereocenters. The molecule has 0 fully saturated rings. The summed E-state index contributed by atoms with van der Waals surface area (Å²) in [6, 6.07) is 48.3. The molecule has 4 aromatic carbocycles. The van der Waals surface area contributed by atoms with Gasteiger partial charge in [0.25, 0.3) is 0 Å². The number of hydrogen-bond acceptors (Lipinski definition) is 4. The van der Waals surface area contributed by atoms with Gasteiger partial charge in [-0.2, -0.15) is 0 Å². The van der Waals surface area contributed by atoms with Gasteiger partial charge in [-0.1, -0.05) is 131 Å². The smallest absolute Gasteiger partial charge is 0.169 e. The highest BCUT2D eigenvalue weighted by Crippen LogP contribution is 2.26. The van der Waals surface area contributed by atoms with Gasteiger partial charge >= 0.3 is 0 Å². The molecule has 4 nitrogen and oxygen atoms in total. The Bertz CT molecular complexity index is 1860. The number of aromatic nitrogens is 2. The topological polar surface area (TPSA) is 14.2 Å². The van der Waals surface area contributed by atoms with E-state index in [1.54, 1.807) is 0 Å². The summed E-state index contributed by atoms with van der Waals surface area (Å²) in [7, 11) is 3.95. The zero-order chi connectivity index (χ0) is 37.2. The fourth-order valence-electron chi connectivity index (χ4n) is 6.18. The number of nitrogens with zero attached hydrogens (tertiary/aromatic N) is 4. The normalized spacial score (nSPS) is 11.4. The van der Waals surface area contributed by atoms with Crippen LogP contribution in [-0.2, 0) is 26.2 Å². The Morgan fingerprint density at radius 1 is 0.426 bits per heavy atom. The maximum atomic E-state index is 2.51. The van der Waals surface area contributed by atoms with Gasteiger partial charge in [-0.3, -0.25) is 0 Å². The van der Waals surface area contributed by atoms with Crippen LogP contribution < -0.4 is 18.9 Å². The van der Waals surface area contributed by atoms with Crippen LogP contribution in [0.25, 0.3) is 24.3 Å². The number of rotatable bonds is 19. The molecular weight excluding hydrogens is 697 g/mol. The van der Waals surface area contributed by atoms with Crippen LogP contribution in [0.5, 0.6) is 0 Å². The Morgan fingerprint density at radius 3 is 1.09 bits per heavy atom. The second kappa shape index (κ2) is 21.0. The summed E-state index contributed by atoms with van der Waals surface area (Å²) in [4.78, 5) is 5.02. The molecule has 0 aliphatic carbocycles. The van der Waals surface area contributed by atoms with E-state index < -0.39 is 0 Å². The lowest BCUT2D eigenvalue weighted by atomic mass is 10.1. The van der Waals surface area contributed by atoms with Crippen molar-refractivity contribution in [2.75, 3.05) is 34.4 Å². The van der Waals surface area contributed by atoms with E-state index in [0.29, 0.717) is 0 Å². The van der Waals surface area contributed by atoms with Crippen LogP contribution in [0.4, 0.5) is 11.4 Å². The van der Waals surface area contributed by atoms with Crippen LogP contribution in [0.15, 0.2) is 158 Å². The van der Waals surface area contributed by atoms with E-state index in [1.165, 1.54) is 44.8 Å². The molecule has 6 aromatic rings. The Morgan fingerprint density at radius 2 is 0.759 bits per heavy atom. The molecule has 2 aromatic heterocycles. The first kappa shape index (κ1) is 38.7. The number of pyridine rings is 2. The molecule has 0 bridgehead atoms. The lowest BCUT2D eigenvalue weighted by Gasteiger charge is -2.26. The molecule has 6 rings (SSSR count). The zero-order valence-corrected chi connectivity index (χ0v) is 33.2. The first-order valence-electron chi connectivity index (χ1n) is 19.0. The fraction of sp³-hybridized carbons (Fsp3) is 0.208. The second-order valence-corrected chi connectivity index (χ2v) is 15.9. The maximum Gasteiger partial charge on any atom is 0.169 e. The maximum absolute atomic E-state index is 2.51. The highest BCUT2D eigenvalue weighted by molar-refractivity contribution is 8.76. The molecular formula is C48H52N4S2+2. The van der Waals surface area contributed by atoms with E-state index in [0.717, 1.165) is 50.8 Å². The van der Waals surface area contributed by atoms with Gasteiger partial charge in [-0.05, 0) is 71.5 Å². The van der Waals surface area contributed by atoms with Gasteiger partial charge in [-0.25, -0.2) is 9.13 Å². The third-order valence-corrected chi connectivity index (χ3v) is 11.8. The lowest BCUT2D eigenvalue weighted by molar-refractivity contribution is -0.693. The van der Waals surface area contributed by atoms with Crippen molar-refractivity contribution in [3.63, 3.8) is 0 Å². The van der Waals surface area contributed by atoms with Gasteiger partial charge in [0.15, 0.2) is 24.8 Å². The molecule has 0 amide bonds. The van der Waals surface area contributed by atoms with Gasteiger partial charge in [0.1, 0.15) is 13.1 Å². The second-order valence-electron chi connectivity index (χ2n) is 13.2. The Kier molecular flexibility index (Phi) is 15.0. The molecule has 54 heavy (non-hydrogen) atoms. The van der Waals surface area contributed by atoms with Crippen molar-refractivity contribution in [2.24, 2.45) is 0 Å². The molecule has 0 saturated carbocycles. The Hall–Kier alpha value is -5.04. The number of hydrogen-bond donors (Lipinski definition) is 0. The average molecular weight is 749 g/mol. The molecule has 0 radical (unpaired) electrons. The molecule has 6 heteroatoms. The summed E-state index contributed by atoms with van der Waals surface area (Å²) < 4.78 is 4.36. The molecule has 0 unspecified atom stereocenters. The van der Waals surface area contributed by atoms with Crippen molar-refractivity contribution in [1.29, 1.82) is 0 Å². The van der Waals surface area contributed by atoms with Gasteiger partial charge in [0, 0.05) is 73.3 Å². The molecule has 2 heterocycles. The van der Waals surface area contributed by atoms with Crippen molar-refractivity contribution in [3.8, 4) is 0 Å². The van der Waals surface area contributed by atoms with E-state index in [1.807, 2.05) is 21.6 Å². The summed E-state index contributed by atoms with van der Waals surface area (Å²) in [5, 5.41) is 0. The summed E-state index contributed by atoms with van der Waals surface area (Å²) in [5.41, 5.74) is 10.0. The third kappa shape index (κ3) is 12.3. The molecule has 0 aliphatic rings. The van der Waals surface area contributed by atoms with Crippen LogP contribution in [-0.4, -0.2) is 24.6 Å². The molecule has 0 saturated heterocycles. The van der Waals surface area contributed by atoms with E-state index in [4.69, 9.17) is 0 Å². The molecule has 0 spiro atoms. The minimum atomic E-state index is 0.892. The first-order valence-corrected chi connectivity index (χ1v) is 21.5. The predicted molar refractivity (Wildman–Crippen MR) is 235 cm³/mol. The van der Waals surface area contributed by atoms with E-state index >= 15 is 0 Å². The quantitative estimate of drug-likeness (QED) is 0.0465. The first-order chi connectivity index (χ1) is 26.6. The third-order valence-electron chi connectivity index (χ3n) is 9.42. The SMILES string of the molecule is CC[n+]1ccc(C=Cc2ccc(N(CCSSCCN(Cc3ccccc3)c3ccc(C=Cc4cc[n+](CC)cc4)cc3)Cc3ccccc3)cc2)cc1. The summed E-state index contributed by atoms with van der Waals surface area (Å²) in [5.74, 6) is 2.09. The highest BCUT2D eigenvalue weighted by Gasteiger charge is 2.11. The predicted octanol–water partition coefficient (Wildman–Crippen LogP) is 10.7. The van der Waals surface area contributed by atoms with Crippen molar-refractivity contribution in [3.05, 3.63) is 192 Å². The van der Waals surface area contributed by atoms with Crippen LogP contribution in [0.3, 0.4) is 0 Å². The van der Waals surface area contributed by atoms with Gasteiger partial charge < -0.3 is 9.80 Å². The summed E-state index contributed by atoms with van der Waals surface area (Å²) >= 11 is 0. The van der Waals surface area contributed by atoms with Gasteiger partial charge in [0.05, 0.1) is 0 Å². The number of aryl methyl sites for hydroxylation is 2. The number of anilines is 2. The highest BCUT2D eigenvalue weighted by atomic mass is 33.1. The van der Waals surface area contributed by atoms with Crippen LogP contribution in [0, 0.1) is 0 Å². The molecule has 0 N–H and O–H groups in total. The summed E-state index contributed by atoms with van der Waals surface area (Å²) in [6.45, 7) is 10.0. The molecule has 0 aliphatic heterocycles. The lowest BCUT2D eigenvalue weighted by Crippen LogP contribution is -2.30. The Labute approximate surface area is 330 Å². The van der Waals surface area contributed by atoms with E-state index in [2.05, 4.69) is 215 Å². The minimum absolute atomic E-state index is 0.892. The van der Waals surface area contributed by atoms with E-state index in [-0.39, 0.29) is 0 Å². The van der Waals surface area contributed by atoms with Crippen LogP contribution in [0.2, 0.25) is 0 Å². The van der Waals surface area contributed by atoms with Gasteiger partial charge in [0.2, 0.25) is 0 Å².